The predicted molar refractivity (Wildman–Crippen MR) is 120 cm³/mol. The molecule has 1 heterocycles. The van der Waals surface area contributed by atoms with Gasteiger partial charge in [-0.05, 0) is 34.9 Å². The highest BCUT2D eigenvalue weighted by atomic mass is 15.6. The molecule has 0 fully saturated rings. The molecule has 2 nitrogen and oxygen atoms in total. The van der Waals surface area contributed by atoms with E-state index in [1.165, 1.54) is 16.7 Å². The number of rotatable bonds is 4. The number of hydrogen-bond donors (Lipinski definition) is 1. The van der Waals surface area contributed by atoms with E-state index < -0.39 is 5.54 Å². The van der Waals surface area contributed by atoms with E-state index in [-0.39, 0.29) is 0 Å². The van der Waals surface area contributed by atoms with Crippen LogP contribution in [0.5, 0.6) is 0 Å². The van der Waals surface area contributed by atoms with E-state index in [2.05, 4.69) is 138 Å². The molecule has 4 aromatic rings. The van der Waals surface area contributed by atoms with Crippen LogP contribution in [0.25, 0.3) is 5.70 Å². The fourth-order valence-corrected chi connectivity index (χ4v) is 4.10. The van der Waals surface area contributed by atoms with Crippen LogP contribution in [0, 0.1) is 0 Å². The van der Waals surface area contributed by atoms with Gasteiger partial charge in [0.1, 0.15) is 5.54 Å². The van der Waals surface area contributed by atoms with Gasteiger partial charge in [0.25, 0.3) is 0 Å². The Kier molecular flexibility index (Phi) is 4.38. The molecule has 0 aromatic heterocycles. The van der Waals surface area contributed by atoms with Crippen LogP contribution in [0.15, 0.2) is 127 Å². The molecule has 0 radical (unpaired) electrons. The molecule has 0 unspecified atom stereocenters. The second-order valence-electron chi connectivity index (χ2n) is 7.21. The molecule has 0 bridgehead atoms. The first kappa shape index (κ1) is 17.3. The van der Waals surface area contributed by atoms with Crippen LogP contribution >= 0.6 is 0 Å². The Hall–Kier alpha value is -3.78. The molecule has 0 amide bonds. The minimum absolute atomic E-state index is 0.463. The van der Waals surface area contributed by atoms with Gasteiger partial charge >= 0.3 is 0 Å². The van der Waals surface area contributed by atoms with Crippen molar-refractivity contribution in [2.45, 2.75) is 5.54 Å². The third kappa shape index (κ3) is 2.99. The summed E-state index contributed by atoms with van der Waals surface area (Å²) < 4.78 is 0. The smallest absolute Gasteiger partial charge is 0.131 e. The first-order chi connectivity index (χ1) is 14.4. The highest BCUT2D eigenvalue weighted by molar-refractivity contribution is 5.76. The van der Waals surface area contributed by atoms with Crippen LogP contribution in [-0.4, -0.2) is 0 Å². The SMILES string of the molecule is C1=C(c2ccccc2)NN(c2ccccc2)C1(c1ccccc1)c1ccccc1. The van der Waals surface area contributed by atoms with E-state index >= 15 is 0 Å². The summed E-state index contributed by atoms with van der Waals surface area (Å²) in [5.41, 5.74) is 9.06. The van der Waals surface area contributed by atoms with Crippen molar-refractivity contribution < 1.29 is 0 Å². The van der Waals surface area contributed by atoms with Crippen molar-refractivity contribution >= 4 is 11.4 Å². The number of hydrazine groups is 1. The van der Waals surface area contributed by atoms with E-state index in [9.17, 15) is 0 Å². The van der Waals surface area contributed by atoms with Crippen LogP contribution in [-0.2, 0) is 5.54 Å². The van der Waals surface area contributed by atoms with Crippen molar-refractivity contribution in [1.82, 2.24) is 5.43 Å². The maximum atomic E-state index is 3.71. The van der Waals surface area contributed by atoms with Gasteiger partial charge in [0.15, 0.2) is 0 Å². The third-order valence-corrected chi connectivity index (χ3v) is 5.47. The fraction of sp³-hybridized carbons (Fsp3) is 0.0370. The Morgan fingerprint density at radius 2 is 0.966 bits per heavy atom. The molecule has 0 saturated carbocycles. The fourth-order valence-electron chi connectivity index (χ4n) is 4.10. The maximum Gasteiger partial charge on any atom is 0.131 e. The Balaban J connectivity index is 1.79. The van der Waals surface area contributed by atoms with Crippen molar-refractivity contribution in [3.63, 3.8) is 0 Å². The van der Waals surface area contributed by atoms with Gasteiger partial charge in [0, 0.05) is 0 Å². The zero-order chi connectivity index (χ0) is 19.5. The van der Waals surface area contributed by atoms with E-state index in [0.29, 0.717) is 0 Å². The molecule has 4 aromatic carbocycles. The van der Waals surface area contributed by atoms with Gasteiger partial charge in [-0.3, -0.25) is 10.4 Å². The normalized spacial score (nSPS) is 14.9. The Bertz CT molecular complexity index is 1060. The number of nitrogens with zero attached hydrogens (tertiary/aromatic N) is 1. The Morgan fingerprint density at radius 3 is 1.48 bits per heavy atom. The van der Waals surface area contributed by atoms with Crippen LogP contribution in [0.3, 0.4) is 0 Å². The van der Waals surface area contributed by atoms with E-state index in [4.69, 9.17) is 0 Å². The van der Waals surface area contributed by atoms with Crippen LogP contribution in [0.2, 0.25) is 0 Å². The van der Waals surface area contributed by atoms with Crippen molar-refractivity contribution in [2.75, 3.05) is 5.01 Å². The molecule has 5 rings (SSSR count). The van der Waals surface area contributed by atoms with Gasteiger partial charge in [-0.2, -0.15) is 0 Å². The third-order valence-electron chi connectivity index (χ3n) is 5.47. The van der Waals surface area contributed by atoms with Crippen LogP contribution in [0.1, 0.15) is 16.7 Å². The number of hydrogen-bond acceptors (Lipinski definition) is 2. The average Bonchev–Trinajstić information content (AvgIpc) is 3.23. The summed E-state index contributed by atoms with van der Waals surface area (Å²) in [4.78, 5) is 0. The lowest BCUT2D eigenvalue weighted by atomic mass is 9.81. The van der Waals surface area contributed by atoms with Gasteiger partial charge in [0.05, 0.1) is 11.4 Å². The van der Waals surface area contributed by atoms with Crippen molar-refractivity contribution in [2.24, 2.45) is 0 Å². The number of para-hydroxylation sites is 1. The van der Waals surface area contributed by atoms with Gasteiger partial charge in [-0.15, -0.1) is 0 Å². The summed E-state index contributed by atoms with van der Waals surface area (Å²) in [6, 6.07) is 42.4. The standard InChI is InChI=1S/C27H22N2/c1-5-13-22(14-6-1)26-21-27(23-15-7-2-8-16-23,24-17-9-3-10-18-24)29(28-26)25-19-11-4-12-20-25/h1-21,28H. The van der Waals surface area contributed by atoms with Crippen molar-refractivity contribution in [3.8, 4) is 0 Å². The molecule has 1 aliphatic heterocycles. The van der Waals surface area contributed by atoms with Crippen LogP contribution in [0.4, 0.5) is 5.69 Å². The van der Waals surface area contributed by atoms with Crippen molar-refractivity contribution in [1.29, 1.82) is 0 Å². The summed E-state index contributed by atoms with van der Waals surface area (Å²) in [6.07, 6.45) is 2.35. The quantitative estimate of drug-likeness (QED) is 0.471. The zero-order valence-corrected chi connectivity index (χ0v) is 16.1. The summed E-state index contributed by atoms with van der Waals surface area (Å²) in [7, 11) is 0. The van der Waals surface area contributed by atoms with E-state index in [1.54, 1.807) is 0 Å². The maximum absolute atomic E-state index is 3.71. The minimum Gasteiger partial charge on any atom is -0.297 e. The van der Waals surface area contributed by atoms with E-state index in [1.807, 2.05) is 0 Å². The second-order valence-corrected chi connectivity index (χ2v) is 7.21. The lowest BCUT2D eigenvalue weighted by molar-refractivity contribution is 0.583. The summed E-state index contributed by atoms with van der Waals surface area (Å²) in [5, 5.41) is 2.28. The van der Waals surface area contributed by atoms with Gasteiger partial charge in [-0.1, -0.05) is 109 Å². The zero-order valence-electron chi connectivity index (χ0n) is 16.1. The molecular weight excluding hydrogens is 352 g/mol. The lowest BCUT2D eigenvalue weighted by Crippen LogP contribution is -2.48. The van der Waals surface area contributed by atoms with Gasteiger partial charge in [0.2, 0.25) is 0 Å². The molecule has 140 valence electrons. The molecule has 0 atom stereocenters. The molecule has 0 aliphatic carbocycles. The number of anilines is 1. The van der Waals surface area contributed by atoms with Crippen molar-refractivity contribution in [3.05, 3.63) is 144 Å². The average molecular weight is 374 g/mol. The summed E-state index contributed by atoms with van der Waals surface area (Å²) in [5.74, 6) is 0. The predicted octanol–water partition coefficient (Wildman–Crippen LogP) is 6.00. The summed E-state index contributed by atoms with van der Waals surface area (Å²) in [6.45, 7) is 0. The highest BCUT2D eigenvalue weighted by Crippen LogP contribution is 2.44. The second kappa shape index (κ2) is 7.33. The minimum atomic E-state index is -0.463. The molecule has 29 heavy (non-hydrogen) atoms. The number of nitrogens with one attached hydrogen (secondary N) is 1. The molecule has 2 heteroatoms. The molecular formula is C27H22N2. The largest absolute Gasteiger partial charge is 0.297 e. The molecule has 1 N–H and O–H groups in total. The lowest BCUT2D eigenvalue weighted by Gasteiger charge is -2.40. The molecule has 1 aliphatic rings. The Labute approximate surface area is 171 Å². The summed E-state index contributed by atoms with van der Waals surface area (Å²) >= 11 is 0. The monoisotopic (exact) mass is 374 g/mol. The first-order valence-corrected chi connectivity index (χ1v) is 9.89. The molecule has 0 spiro atoms. The number of benzene rings is 4. The van der Waals surface area contributed by atoms with Gasteiger partial charge in [-0.25, -0.2) is 0 Å². The van der Waals surface area contributed by atoms with Crippen LogP contribution < -0.4 is 10.4 Å². The Morgan fingerprint density at radius 1 is 0.517 bits per heavy atom. The van der Waals surface area contributed by atoms with E-state index in [0.717, 1.165) is 11.4 Å². The molecule has 0 saturated heterocycles. The highest BCUT2D eigenvalue weighted by Gasteiger charge is 2.44. The topological polar surface area (TPSA) is 15.3 Å². The first-order valence-electron chi connectivity index (χ1n) is 9.89. The van der Waals surface area contributed by atoms with Gasteiger partial charge < -0.3 is 0 Å².